The van der Waals surface area contributed by atoms with Crippen molar-refractivity contribution in [2.24, 2.45) is 4.99 Å². The molecule has 0 unspecified atom stereocenters. The van der Waals surface area contributed by atoms with Gasteiger partial charge in [-0.2, -0.15) is 0 Å². The lowest BCUT2D eigenvalue weighted by atomic mass is 10.1. The average Bonchev–Trinajstić information content (AvgIpc) is 3.14. The van der Waals surface area contributed by atoms with E-state index < -0.39 is 0 Å². The number of benzene rings is 2. The third-order valence-electron chi connectivity index (χ3n) is 4.23. The molecule has 0 spiro atoms. The molecular formula is C20H24FIN4O2. The molecule has 150 valence electrons. The first kappa shape index (κ1) is 21.9. The molecule has 0 saturated heterocycles. The lowest BCUT2D eigenvalue weighted by Gasteiger charge is -2.12. The first-order valence-corrected chi connectivity index (χ1v) is 8.88. The number of nitrogens with zero attached hydrogens (tertiary/aromatic N) is 1. The van der Waals surface area contributed by atoms with Crippen molar-refractivity contribution >= 4 is 41.5 Å². The molecule has 0 bridgehead atoms. The third-order valence-corrected chi connectivity index (χ3v) is 4.23. The second kappa shape index (κ2) is 10.8. The predicted molar refractivity (Wildman–Crippen MR) is 119 cm³/mol. The third kappa shape index (κ3) is 6.36. The zero-order valence-corrected chi connectivity index (χ0v) is 18.0. The smallest absolute Gasteiger partial charge is 0.243 e. The molecule has 0 radical (unpaired) electrons. The van der Waals surface area contributed by atoms with Crippen LogP contribution < -0.4 is 20.7 Å². The molecule has 3 N–H and O–H groups in total. The normalized spacial score (nSPS) is 12.4. The number of nitrogens with one attached hydrogen (secondary N) is 3. The Hall–Kier alpha value is -2.36. The molecule has 1 heterocycles. The van der Waals surface area contributed by atoms with Crippen LogP contribution in [0.1, 0.15) is 11.1 Å². The maximum Gasteiger partial charge on any atom is 0.243 e. The van der Waals surface area contributed by atoms with Crippen LogP contribution in [0.15, 0.2) is 47.5 Å². The number of fused-ring (bicyclic) bond motifs is 1. The number of halogens is 2. The SMILES string of the molecule is CN=C(NCCc1ccc2c(c1)CCO2)NCC(=O)Nc1ccc(F)cc1.I. The number of amides is 1. The summed E-state index contributed by atoms with van der Waals surface area (Å²) in [5, 5.41) is 8.84. The highest BCUT2D eigenvalue weighted by Gasteiger charge is 2.12. The Morgan fingerprint density at radius 3 is 2.71 bits per heavy atom. The number of carbonyl (C=O) groups is 1. The summed E-state index contributed by atoms with van der Waals surface area (Å²) in [4.78, 5) is 16.1. The van der Waals surface area contributed by atoms with Crippen molar-refractivity contribution in [3.05, 3.63) is 59.4 Å². The van der Waals surface area contributed by atoms with E-state index >= 15 is 0 Å². The lowest BCUT2D eigenvalue weighted by molar-refractivity contribution is -0.115. The van der Waals surface area contributed by atoms with Crippen LogP contribution in [0, 0.1) is 5.82 Å². The molecule has 28 heavy (non-hydrogen) atoms. The van der Waals surface area contributed by atoms with Crippen molar-refractivity contribution in [3.63, 3.8) is 0 Å². The minimum Gasteiger partial charge on any atom is -0.493 e. The topological polar surface area (TPSA) is 74.8 Å². The lowest BCUT2D eigenvalue weighted by Crippen LogP contribution is -2.42. The fourth-order valence-corrected chi connectivity index (χ4v) is 2.84. The number of rotatable bonds is 6. The number of hydrogen-bond acceptors (Lipinski definition) is 3. The molecule has 3 rings (SSSR count). The molecule has 6 nitrogen and oxygen atoms in total. The maximum atomic E-state index is 12.9. The van der Waals surface area contributed by atoms with Gasteiger partial charge in [0.05, 0.1) is 13.2 Å². The van der Waals surface area contributed by atoms with Crippen LogP contribution in [0.2, 0.25) is 0 Å². The highest BCUT2D eigenvalue weighted by Crippen LogP contribution is 2.25. The Labute approximate surface area is 181 Å². The van der Waals surface area contributed by atoms with Gasteiger partial charge in [0.1, 0.15) is 11.6 Å². The summed E-state index contributed by atoms with van der Waals surface area (Å²) in [5.41, 5.74) is 3.04. The van der Waals surface area contributed by atoms with E-state index in [4.69, 9.17) is 4.74 Å². The maximum absolute atomic E-state index is 12.9. The van der Waals surface area contributed by atoms with Crippen molar-refractivity contribution in [1.82, 2.24) is 10.6 Å². The molecular weight excluding hydrogens is 474 g/mol. The number of hydrogen-bond donors (Lipinski definition) is 3. The van der Waals surface area contributed by atoms with Crippen molar-refractivity contribution < 1.29 is 13.9 Å². The van der Waals surface area contributed by atoms with Crippen molar-refractivity contribution in [2.45, 2.75) is 12.8 Å². The molecule has 8 heteroatoms. The summed E-state index contributed by atoms with van der Waals surface area (Å²) in [7, 11) is 1.65. The van der Waals surface area contributed by atoms with Gasteiger partial charge in [0.25, 0.3) is 0 Å². The minimum atomic E-state index is -0.341. The zero-order valence-electron chi connectivity index (χ0n) is 15.6. The number of ether oxygens (including phenoxy) is 1. The van der Waals surface area contributed by atoms with Crippen molar-refractivity contribution in [3.8, 4) is 5.75 Å². The summed E-state index contributed by atoms with van der Waals surface area (Å²) >= 11 is 0. The minimum absolute atomic E-state index is 0. The Balaban J connectivity index is 0.00000280. The summed E-state index contributed by atoms with van der Waals surface area (Å²) < 4.78 is 18.4. The molecule has 0 saturated carbocycles. The molecule has 0 aromatic heterocycles. The second-order valence-electron chi connectivity index (χ2n) is 6.20. The number of aliphatic imine (C=N–C) groups is 1. The van der Waals surface area contributed by atoms with Gasteiger partial charge in [0.15, 0.2) is 5.96 Å². The molecule has 1 aliphatic rings. The van der Waals surface area contributed by atoms with E-state index in [1.165, 1.54) is 35.4 Å². The van der Waals surface area contributed by atoms with E-state index in [9.17, 15) is 9.18 Å². The summed E-state index contributed by atoms with van der Waals surface area (Å²) in [5.74, 6) is 0.958. The molecule has 2 aromatic carbocycles. The van der Waals surface area contributed by atoms with Crippen LogP contribution in [0.4, 0.5) is 10.1 Å². The van der Waals surface area contributed by atoms with E-state index in [1.807, 2.05) is 6.07 Å². The quantitative estimate of drug-likeness (QED) is 0.326. The van der Waals surface area contributed by atoms with Gasteiger partial charge in [-0.1, -0.05) is 12.1 Å². The predicted octanol–water partition coefficient (Wildman–Crippen LogP) is 2.72. The van der Waals surface area contributed by atoms with E-state index in [0.29, 0.717) is 18.2 Å². The number of anilines is 1. The molecule has 1 amide bonds. The van der Waals surface area contributed by atoms with Crippen LogP contribution in [0.5, 0.6) is 5.75 Å². The van der Waals surface area contributed by atoms with Gasteiger partial charge in [0.2, 0.25) is 5.91 Å². The highest BCUT2D eigenvalue weighted by molar-refractivity contribution is 14.0. The van der Waals surface area contributed by atoms with Crippen LogP contribution >= 0.6 is 24.0 Å². The first-order valence-electron chi connectivity index (χ1n) is 8.88. The van der Waals surface area contributed by atoms with Crippen LogP contribution in [-0.2, 0) is 17.6 Å². The molecule has 0 atom stereocenters. The largest absolute Gasteiger partial charge is 0.493 e. The van der Waals surface area contributed by atoms with Gasteiger partial charge in [-0.3, -0.25) is 9.79 Å². The van der Waals surface area contributed by atoms with Crippen LogP contribution in [0.3, 0.4) is 0 Å². The Kier molecular flexibility index (Phi) is 8.49. The highest BCUT2D eigenvalue weighted by atomic mass is 127. The fraction of sp³-hybridized carbons (Fsp3) is 0.300. The fourth-order valence-electron chi connectivity index (χ4n) is 2.84. The number of carbonyl (C=O) groups excluding carboxylic acids is 1. The Bertz CT molecular complexity index is 827. The first-order chi connectivity index (χ1) is 13.1. The van der Waals surface area contributed by atoms with Gasteiger partial charge in [-0.05, 0) is 47.9 Å². The Morgan fingerprint density at radius 2 is 1.96 bits per heavy atom. The van der Waals surface area contributed by atoms with Crippen molar-refractivity contribution in [2.75, 3.05) is 32.1 Å². The van der Waals surface area contributed by atoms with E-state index in [1.54, 1.807) is 7.05 Å². The van der Waals surface area contributed by atoms with Gasteiger partial charge < -0.3 is 20.7 Å². The van der Waals surface area contributed by atoms with Gasteiger partial charge in [-0.25, -0.2) is 4.39 Å². The zero-order chi connectivity index (χ0) is 19.1. The van der Waals surface area contributed by atoms with Crippen LogP contribution in [-0.4, -0.2) is 38.6 Å². The summed E-state index contributed by atoms with van der Waals surface area (Å²) in [6, 6.07) is 11.9. The monoisotopic (exact) mass is 498 g/mol. The van der Waals surface area contributed by atoms with Crippen molar-refractivity contribution in [1.29, 1.82) is 0 Å². The van der Waals surface area contributed by atoms with E-state index in [2.05, 4.69) is 33.1 Å². The van der Waals surface area contributed by atoms with E-state index in [0.717, 1.165) is 25.2 Å². The van der Waals surface area contributed by atoms with Gasteiger partial charge in [-0.15, -0.1) is 24.0 Å². The van der Waals surface area contributed by atoms with Gasteiger partial charge in [0, 0.05) is 25.7 Å². The molecule has 0 fully saturated rings. The van der Waals surface area contributed by atoms with E-state index in [-0.39, 0.29) is 42.2 Å². The van der Waals surface area contributed by atoms with Gasteiger partial charge >= 0.3 is 0 Å². The average molecular weight is 498 g/mol. The standard InChI is InChI=1S/C20H23FN4O2.HI/c1-22-20(24-13-19(26)25-17-5-3-16(21)4-6-17)23-10-8-14-2-7-18-15(12-14)9-11-27-18;/h2-7,12H,8-11,13H2,1H3,(H,25,26)(H2,22,23,24);1H. The molecule has 1 aliphatic heterocycles. The second-order valence-corrected chi connectivity index (χ2v) is 6.20. The van der Waals surface area contributed by atoms with Crippen LogP contribution in [0.25, 0.3) is 0 Å². The summed E-state index contributed by atoms with van der Waals surface area (Å²) in [6.07, 6.45) is 1.80. The molecule has 0 aliphatic carbocycles. The Morgan fingerprint density at radius 1 is 1.18 bits per heavy atom. The molecule has 2 aromatic rings. The summed E-state index contributed by atoms with van der Waals surface area (Å²) in [6.45, 7) is 1.51. The number of guanidine groups is 1.